The van der Waals surface area contributed by atoms with Crippen LogP contribution in [0.5, 0.6) is 0 Å². The highest BCUT2D eigenvalue weighted by Crippen LogP contribution is 2.33. The first-order valence-electron chi connectivity index (χ1n) is 11.3. The number of benzene rings is 2. The Kier molecular flexibility index (Phi) is 5.40. The first-order valence-corrected chi connectivity index (χ1v) is 11.3. The molecule has 0 aliphatic rings. The third kappa shape index (κ3) is 4.40. The first-order chi connectivity index (χ1) is 16.6. The molecule has 0 saturated heterocycles. The second-order valence-corrected chi connectivity index (χ2v) is 9.70. The topological polar surface area (TPSA) is 56.2 Å². The molecule has 3 heterocycles. The summed E-state index contributed by atoms with van der Waals surface area (Å²) in [5.74, 6) is 3.56. The van der Waals surface area contributed by atoms with E-state index in [1.165, 1.54) is 12.1 Å². The summed E-state index contributed by atoms with van der Waals surface area (Å²) < 4.78 is 35.1. The third-order valence-electron chi connectivity index (χ3n) is 5.92. The zero-order valence-corrected chi connectivity index (χ0v) is 19.9. The van der Waals surface area contributed by atoms with Gasteiger partial charge in [0.05, 0.1) is 17.5 Å². The lowest BCUT2D eigenvalue weighted by atomic mass is 9.83. The summed E-state index contributed by atoms with van der Waals surface area (Å²) in [4.78, 5) is 4.35. The fraction of sp³-hybridized carbons (Fsp3) is 0.250. The quantitative estimate of drug-likeness (QED) is 0.292. The Morgan fingerprint density at radius 1 is 1.00 bits per heavy atom. The van der Waals surface area contributed by atoms with Crippen LogP contribution >= 0.6 is 0 Å². The van der Waals surface area contributed by atoms with Crippen molar-refractivity contribution in [1.82, 2.24) is 19.8 Å². The number of aromatic nitrogens is 4. The molecule has 5 rings (SSSR count). The van der Waals surface area contributed by atoms with Gasteiger partial charge in [0.25, 0.3) is 5.92 Å². The van der Waals surface area contributed by atoms with E-state index in [1.807, 2.05) is 30.3 Å². The summed E-state index contributed by atoms with van der Waals surface area (Å²) >= 11 is 0. The summed E-state index contributed by atoms with van der Waals surface area (Å²) in [5, 5.41) is 9.44. The van der Waals surface area contributed by atoms with Crippen molar-refractivity contribution in [3.8, 4) is 11.8 Å². The highest BCUT2D eigenvalue weighted by molar-refractivity contribution is 5.87. The van der Waals surface area contributed by atoms with Gasteiger partial charge in [-0.2, -0.15) is 5.10 Å². The monoisotopic (exact) mass is 470 g/mol. The van der Waals surface area contributed by atoms with Crippen molar-refractivity contribution in [2.75, 3.05) is 0 Å². The minimum Gasteiger partial charge on any atom is -0.355 e. The second-order valence-electron chi connectivity index (χ2n) is 9.70. The van der Waals surface area contributed by atoms with Crippen molar-refractivity contribution >= 4 is 16.6 Å². The molecule has 5 aromatic rings. The molecule has 7 heteroatoms. The van der Waals surface area contributed by atoms with Crippen LogP contribution in [-0.4, -0.2) is 19.8 Å². The van der Waals surface area contributed by atoms with Crippen molar-refractivity contribution in [3.63, 3.8) is 0 Å². The molecule has 0 radical (unpaired) electrons. The third-order valence-corrected chi connectivity index (χ3v) is 5.92. The maximum Gasteiger partial charge on any atom is 0.270 e. The van der Waals surface area contributed by atoms with Crippen LogP contribution in [0.4, 0.5) is 8.78 Å². The van der Waals surface area contributed by atoms with E-state index in [1.54, 1.807) is 23.0 Å². The molecule has 176 valence electrons. The van der Waals surface area contributed by atoms with E-state index >= 15 is 0 Å². The number of imidazole rings is 1. The van der Waals surface area contributed by atoms with Crippen LogP contribution in [0.1, 0.15) is 61.3 Å². The smallest absolute Gasteiger partial charge is 0.270 e. The minimum atomic E-state index is -2.90. The Bertz CT molecular complexity index is 1610. The van der Waals surface area contributed by atoms with Gasteiger partial charge in [0, 0.05) is 30.5 Å². The minimum absolute atomic E-state index is 0.0222. The van der Waals surface area contributed by atoms with Gasteiger partial charge < -0.3 is 4.52 Å². The summed E-state index contributed by atoms with van der Waals surface area (Å²) in [6.45, 7) is 7.24. The summed E-state index contributed by atoms with van der Waals surface area (Å²) in [5.41, 5.74) is 4.93. The number of rotatable bonds is 3. The van der Waals surface area contributed by atoms with Gasteiger partial charge in [0.15, 0.2) is 11.2 Å². The Labute approximate surface area is 201 Å². The first kappa shape index (κ1) is 22.7. The lowest BCUT2D eigenvalue weighted by Crippen LogP contribution is -2.13. The van der Waals surface area contributed by atoms with Crippen LogP contribution in [0.2, 0.25) is 0 Å². The molecule has 0 saturated carbocycles. The highest BCUT2D eigenvalue weighted by Gasteiger charge is 2.25. The van der Waals surface area contributed by atoms with E-state index in [0.29, 0.717) is 29.0 Å². The molecule has 0 N–H and O–H groups in total. The SMILES string of the molecule is CC(C)(C)c1ccc2c(Cc3cccc(C(C)(F)F)c3)noc2c1C#Cc1cnc2cccnn12. The summed E-state index contributed by atoms with van der Waals surface area (Å²) in [7, 11) is 0. The van der Waals surface area contributed by atoms with Crippen LogP contribution in [0, 0.1) is 11.8 Å². The van der Waals surface area contributed by atoms with Crippen molar-refractivity contribution < 1.29 is 13.3 Å². The number of hydrogen-bond acceptors (Lipinski definition) is 4. The molecule has 0 aliphatic carbocycles. The zero-order valence-electron chi connectivity index (χ0n) is 19.9. The Hall–Kier alpha value is -4.05. The molecular formula is C28H24F2N4O. The Morgan fingerprint density at radius 3 is 2.60 bits per heavy atom. The van der Waals surface area contributed by atoms with Gasteiger partial charge >= 0.3 is 0 Å². The maximum absolute atomic E-state index is 13.8. The van der Waals surface area contributed by atoms with Crippen LogP contribution in [0.15, 0.2) is 65.4 Å². The van der Waals surface area contributed by atoms with Crippen molar-refractivity contribution in [2.45, 2.75) is 45.5 Å². The molecule has 35 heavy (non-hydrogen) atoms. The molecule has 3 aromatic heterocycles. The van der Waals surface area contributed by atoms with Crippen molar-refractivity contribution in [1.29, 1.82) is 0 Å². The number of fused-ring (bicyclic) bond motifs is 2. The van der Waals surface area contributed by atoms with Crippen molar-refractivity contribution in [2.24, 2.45) is 0 Å². The van der Waals surface area contributed by atoms with Gasteiger partial charge in [-0.15, -0.1) is 0 Å². The number of hydrogen-bond donors (Lipinski definition) is 0. The molecule has 0 unspecified atom stereocenters. The number of alkyl halides is 2. The predicted molar refractivity (Wildman–Crippen MR) is 130 cm³/mol. The molecule has 0 spiro atoms. The van der Waals surface area contributed by atoms with Gasteiger partial charge in [-0.1, -0.05) is 56.1 Å². The van der Waals surface area contributed by atoms with E-state index in [4.69, 9.17) is 4.52 Å². The maximum atomic E-state index is 13.8. The second kappa shape index (κ2) is 8.31. The molecule has 5 nitrogen and oxygen atoms in total. The van der Waals surface area contributed by atoms with Gasteiger partial charge in [0.1, 0.15) is 5.69 Å². The predicted octanol–water partition coefficient (Wildman–Crippen LogP) is 6.27. The van der Waals surface area contributed by atoms with Gasteiger partial charge in [0.2, 0.25) is 0 Å². The summed E-state index contributed by atoms with van der Waals surface area (Å²) in [6.07, 6.45) is 3.75. The molecule has 0 bridgehead atoms. The summed E-state index contributed by atoms with van der Waals surface area (Å²) in [6, 6.07) is 14.1. The Balaban J connectivity index is 1.60. The number of halogens is 2. The van der Waals surface area contributed by atoms with Crippen LogP contribution < -0.4 is 0 Å². The van der Waals surface area contributed by atoms with E-state index in [9.17, 15) is 8.78 Å². The average molecular weight is 471 g/mol. The fourth-order valence-electron chi connectivity index (χ4n) is 4.12. The normalized spacial score (nSPS) is 12.2. The van der Waals surface area contributed by atoms with Crippen molar-refractivity contribution in [3.05, 3.63) is 94.6 Å². The van der Waals surface area contributed by atoms with Gasteiger partial charge in [-0.25, -0.2) is 18.3 Å². The van der Waals surface area contributed by atoms with E-state index in [-0.39, 0.29) is 11.0 Å². The molecular weight excluding hydrogens is 446 g/mol. The molecule has 0 fully saturated rings. The van der Waals surface area contributed by atoms with Crippen LogP contribution in [0.3, 0.4) is 0 Å². The standard InChI is InChI=1S/C28H24F2N4O/c1-27(2,3)23-13-12-22-24(16-18-7-5-8-19(15-18)28(4,29)30)33-35-26(22)21(23)11-10-20-17-31-25-9-6-14-32-34(20)25/h5-9,12-15,17H,16H2,1-4H3. The fourth-order valence-corrected chi connectivity index (χ4v) is 4.12. The lowest BCUT2D eigenvalue weighted by molar-refractivity contribution is 0.0174. The molecule has 0 aliphatic heterocycles. The Morgan fingerprint density at radius 2 is 1.83 bits per heavy atom. The molecule has 2 aromatic carbocycles. The van der Waals surface area contributed by atoms with Gasteiger partial charge in [-0.3, -0.25) is 0 Å². The highest BCUT2D eigenvalue weighted by atomic mass is 19.3. The number of nitrogens with zero attached hydrogens (tertiary/aromatic N) is 4. The van der Waals surface area contributed by atoms with E-state index in [0.717, 1.165) is 29.0 Å². The average Bonchev–Trinajstić information content (AvgIpc) is 3.41. The zero-order chi connectivity index (χ0) is 24.8. The lowest BCUT2D eigenvalue weighted by Gasteiger charge is -2.20. The van der Waals surface area contributed by atoms with Crippen LogP contribution in [0.25, 0.3) is 16.6 Å². The largest absolute Gasteiger partial charge is 0.355 e. The van der Waals surface area contributed by atoms with E-state index < -0.39 is 5.92 Å². The van der Waals surface area contributed by atoms with Gasteiger partial charge in [-0.05, 0) is 46.7 Å². The van der Waals surface area contributed by atoms with Crippen LogP contribution in [-0.2, 0) is 17.8 Å². The molecule has 0 amide bonds. The van der Waals surface area contributed by atoms with E-state index in [2.05, 4.69) is 47.9 Å². The molecule has 0 atom stereocenters.